The predicted octanol–water partition coefficient (Wildman–Crippen LogP) is 1.44. The van der Waals surface area contributed by atoms with Gasteiger partial charge < -0.3 is 10.1 Å². The summed E-state index contributed by atoms with van der Waals surface area (Å²) in [6, 6.07) is 3.40. The minimum Gasteiger partial charge on any atom is -0.495 e. The van der Waals surface area contributed by atoms with Gasteiger partial charge in [0.15, 0.2) is 0 Å². The Morgan fingerprint density at radius 1 is 1.36 bits per heavy atom. The summed E-state index contributed by atoms with van der Waals surface area (Å²) in [6.45, 7) is 1.26. The van der Waals surface area contributed by atoms with Gasteiger partial charge in [0, 0.05) is 13.0 Å². The number of hydrogen-bond acceptors (Lipinski definition) is 7. The predicted molar refractivity (Wildman–Crippen MR) is 78.0 cm³/mol. The van der Waals surface area contributed by atoms with Crippen LogP contribution in [0.2, 0.25) is 0 Å². The lowest BCUT2D eigenvalue weighted by Crippen LogP contribution is -2.13. The van der Waals surface area contributed by atoms with Crippen LogP contribution in [0.15, 0.2) is 22.5 Å². The van der Waals surface area contributed by atoms with E-state index in [1.54, 1.807) is 0 Å². The average Bonchev–Trinajstić information content (AvgIpc) is 2.87. The lowest BCUT2D eigenvalue weighted by molar-refractivity contribution is -0.114. The van der Waals surface area contributed by atoms with Crippen molar-refractivity contribution in [2.75, 3.05) is 17.1 Å². The number of halogens is 1. The highest BCUT2D eigenvalue weighted by atomic mass is 32.2. The highest BCUT2D eigenvalue weighted by molar-refractivity contribution is 7.94. The Balaban J connectivity index is 2.30. The number of carbonyl (C=O) groups is 1. The Labute approximate surface area is 129 Å². The molecule has 1 aromatic heterocycles. The fraction of sp³-hybridized carbons (Fsp3) is 0.182. The number of anilines is 2. The van der Waals surface area contributed by atoms with Crippen LogP contribution in [0.1, 0.15) is 6.92 Å². The largest absolute Gasteiger partial charge is 0.495 e. The first-order valence-corrected chi connectivity index (χ1v) is 8.09. The first kappa shape index (κ1) is 16.1. The number of amides is 1. The molecule has 22 heavy (non-hydrogen) atoms. The molecule has 0 radical (unpaired) electrons. The molecular weight excluding hydrogens is 335 g/mol. The number of carbonyl (C=O) groups excluding carboxylic acids is 1. The van der Waals surface area contributed by atoms with E-state index in [-0.39, 0.29) is 20.9 Å². The second-order valence-electron chi connectivity index (χ2n) is 4.00. The fourth-order valence-corrected chi connectivity index (χ4v) is 3.48. The zero-order valence-corrected chi connectivity index (χ0v) is 13.1. The monoisotopic (exact) mass is 346 g/mol. The van der Waals surface area contributed by atoms with Crippen molar-refractivity contribution in [1.29, 1.82) is 0 Å². The maximum absolute atomic E-state index is 13.2. The van der Waals surface area contributed by atoms with E-state index in [1.807, 2.05) is 0 Å². The van der Waals surface area contributed by atoms with Crippen molar-refractivity contribution in [3.63, 3.8) is 0 Å². The van der Waals surface area contributed by atoms with E-state index in [0.29, 0.717) is 11.3 Å². The number of aromatic nitrogens is 2. The van der Waals surface area contributed by atoms with Crippen molar-refractivity contribution in [3.05, 3.63) is 24.0 Å². The van der Waals surface area contributed by atoms with Gasteiger partial charge in [-0.1, -0.05) is 11.3 Å². The normalized spacial score (nSPS) is 11.0. The molecule has 0 atom stereocenters. The molecule has 1 aromatic carbocycles. The summed E-state index contributed by atoms with van der Waals surface area (Å²) < 4.78 is 44.4. The first-order chi connectivity index (χ1) is 10.3. The smallest absolute Gasteiger partial charge is 0.291 e. The van der Waals surface area contributed by atoms with Crippen LogP contribution in [-0.4, -0.2) is 31.6 Å². The lowest BCUT2D eigenvalue weighted by atomic mass is 10.3. The van der Waals surface area contributed by atoms with Gasteiger partial charge in [0.2, 0.25) is 11.0 Å². The summed E-state index contributed by atoms with van der Waals surface area (Å²) in [5, 5.41) is 9.38. The lowest BCUT2D eigenvalue weighted by Gasteiger charge is -2.09. The number of nitrogens with one attached hydrogen (secondary N) is 2. The zero-order valence-electron chi connectivity index (χ0n) is 11.5. The van der Waals surface area contributed by atoms with Crippen LogP contribution in [-0.2, 0) is 14.8 Å². The highest BCUT2D eigenvalue weighted by Crippen LogP contribution is 2.29. The number of nitrogens with zero attached hydrogens (tertiary/aromatic N) is 2. The standard InChI is InChI=1S/C11H11FN4O4S2/c1-6(17)13-10-14-15-11(21-10)22(18,19)16-8-5-7(12)3-4-9(8)20-2/h3-5,16H,1-2H3,(H,13,14,17). The van der Waals surface area contributed by atoms with E-state index >= 15 is 0 Å². The van der Waals surface area contributed by atoms with Crippen molar-refractivity contribution in [2.24, 2.45) is 0 Å². The molecule has 0 bridgehead atoms. The van der Waals surface area contributed by atoms with E-state index in [4.69, 9.17) is 4.74 Å². The third-order valence-corrected chi connectivity index (χ3v) is 4.90. The minimum absolute atomic E-state index is 0.0408. The van der Waals surface area contributed by atoms with Crippen LogP contribution in [0.5, 0.6) is 5.75 Å². The van der Waals surface area contributed by atoms with Gasteiger partial charge in [-0.2, -0.15) is 8.42 Å². The SMILES string of the molecule is COc1ccc(F)cc1NS(=O)(=O)c1nnc(NC(C)=O)s1. The number of sulfonamides is 1. The van der Waals surface area contributed by atoms with E-state index in [1.165, 1.54) is 20.1 Å². The topological polar surface area (TPSA) is 110 Å². The number of ether oxygens (including phenoxy) is 1. The molecule has 2 N–H and O–H groups in total. The Morgan fingerprint density at radius 2 is 2.09 bits per heavy atom. The Hall–Kier alpha value is -2.27. The highest BCUT2D eigenvalue weighted by Gasteiger charge is 2.22. The molecule has 1 amide bonds. The summed E-state index contributed by atoms with van der Waals surface area (Å²) in [4.78, 5) is 10.9. The average molecular weight is 346 g/mol. The van der Waals surface area contributed by atoms with Crippen LogP contribution in [0.4, 0.5) is 15.2 Å². The van der Waals surface area contributed by atoms with Gasteiger partial charge in [-0.25, -0.2) is 4.39 Å². The van der Waals surface area contributed by atoms with Gasteiger partial charge in [-0.05, 0) is 12.1 Å². The van der Waals surface area contributed by atoms with Crippen molar-refractivity contribution in [3.8, 4) is 5.75 Å². The van der Waals surface area contributed by atoms with Gasteiger partial charge in [0.25, 0.3) is 14.4 Å². The second kappa shape index (κ2) is 6.23. The molecule has 0 aliphatic carbocycles. The molecule has 0 fully saturated rings. The van der Waals surface area contributed by atoms with Crippen LogP contribution in [0.25, 0.3) is 0 Å². The third kappa shape index (κ3) is 3.68. The molecule has 11 heteroatoms. The van der Waals surface area contributed by atoms with E-state index in [2.05, 4.69) is 20.2 Å². The van der Waals surface area contributed by atoms with Crippen LogP contribution in [0.3, 0.4) is 0 Å². The molecule has 0 unspecified atom stereocenters. The van der Waals surface area contributed by atoms with Crippen molar-refractivity contribution in [1.82, 2.24) is 10.2 Å². The number of hydrogen-bond donors (Lipinski definition) is 2. The van der Waals surface area contributed by atoms with Crippen molar-refractivity contribution >= 4 is 38.1 Å². The number of methoxy groups -OCH3 is 1. The second-order valence-corrected chi connectivity index (χ2v) is 6.84. The molecule has 118 valence electrons. The summed E-state index contributed by atoms with van der Waals surface area (Å²) >= 11 is 0.666. The summed E-state index contributed by atoms with van der Waals surface area (Å²) in [7, 11) is -2.76. The maximum Gasteiger partial charge on any atom is 0.291 e. The zero-order chi connectivity index (χ0) is 16.3. The molecule has 1 heterocycles. The minimum atomic E-state index is -4.08. The van der Waals surface area contributed by atoms with Crippen molar-refractivity contribution in [2.45, 2.75) is 11.3 Å². The van der Waals surface area contributed by atoms with E-state index in [0.717, 1.165) is 12.1 Å². The first-order valence-electron chi connectivity index (χ1n) is 5.79. The molecule has 0 saturated heterocycles. The molecule has 2 aromatic rings. The van der Waals surface area contributed by atoms with Gasteiger partial charge in [-0.3, -0.25) is 9.52 Å². The summed E-state index contributed by atoms with van der Waals surface area (Å²) in [5.74, 6) is -0.883. The number of rotatable bonds is 5. The fourth-order valence-electron chi connectivity index (χ4n) is 1.47. The molecular formula is C11H11FN4O4S2. The maximum atomic E-state index is 13.2. The third-order valence-electron chi connectivity index (χ3n) is 2.33. The Bertz CT molecular complexity index is 806. The summed E-state index contributed by atoms with van der Waals surface area (Å²) in [5.41, 5.74) is -0.0706. The summed E-state index contributed by atoms with van der Waals surface area (Å²) in [6.07, 6.45) is 0. The van der Waals surface area contributed by atoms with Crippen LogP contribution < -0.4 is 14.8 Å². The molecule has 0 aliphatic rings. The van der Waals surface area contributed by atoms with Gasteiger partial charge in [-0.15, -0.1) is 10.2 Å². The molecule has 0 spiro atoms. The molecule has 8 nitrogen and oxygen atoms in total. The number of benzene rings is 1. The Morgan fingerprint density at radius 3 is 2.73 bits per heavy atom. The van der Waals surface area contributed by atoms with Gasteiger partial charge in [0.1, 0.15) is 11.6 Å². The quantitative estimate of drug-likeness (QED) is 0.793. The van der Waals surface area contributed by atoms with Gasteiger partial charge in [0.05, 0.1) is 12.8 Å². The molecule has 0 aliphatic heterocycles. The van der Waals surface area contributed by atoms with Crippen molar-refractivity contribution < 1.29 is 22.3 Å². The van der Waals surface area contributed by atoms with E-state index < -0.39 is 21.7 Å². The van der Waals surface area contributed by atoms with E-state index in [9.17, 15) is 17.6 Å². The van der Waals surface area contributed by atoms with Crippen LogP contribution >= 0.6 is 11.3 Å². The Kier molecular flexibility index (Phi) is 4.56. The van der Waals surface area contributed by atoms with Gasteiger partial charge >= 0.3 is 0 Å². The van der Waals surface area contributed by atoms with Crippen LogP contribution in [0, 0.1) is 5.82 Å². The molecule has 0 saturated carbocycles. The molecule has 2 rings (SSSR count).